The molecule has 0 radical (unpaired) electrons. The molecule has 2 heterocycles. The molecule has 1 aliphatic heterocycles. The Bertz CT molecular complexity index is 1750. The number of carbonyl (C=O) groups is 2. The van der Waals surface area contributed by atoms with Crippen LogP contribution in [0.3, 0.4) is 0 Å². The van der Waals surface area contributed by atoms with E-state index in [0.717, 1.165) is 22.9 Å². The Labute approximate surface area is 260 Å². The molecular formula is C31H28F4N6O3S. The SMILES string of the molecule is Cc1ccc(C(C)C)c(N2C(=O)CSC2=NC(=O)Nc2ccc(CCc3ncn(-c4ccc(OC(F)(F)F)cc4)n3)cc2F)c1. The summed E-state index contributed by atoms with van der Waals surface area (Å²) in [5, 5.41) is 7.01. The number of thioether (sulfide) groups is 1. The molecule has 0 unspecified atom stereocenters. The Morgan fingerprint density at radius 1 is 1.09 bits per heavy atom. The first kappa shape index (κ1) is 31.7. The van der Waals surface area contributed by atoms with Gasteiger partial charge in [-0.3, -0.25) is 9.69 Å². The van der Waals surface area contributed by atoms with Gasteiger partial charge in [-0.15, -0.1) is 13.2 Å². The van der Waals surface area contributed by atoms with Crippen LogP contribution in [-0.2, 0) is 17.6 Å². The number of aromatic nitrogens is 3. The van der Waals surface area contributed by atoms with Crippen LogP contribution in [0.2, 0.25) is 0 Å². The number of amidine groups is 1. The average molecular weight is 641 g/mol. The van der Waals surface area contributed by atoms with Gasteiger partial charge in [0.15, 0.2) is 11.0 Å². The second-order valence-electron chi connectivity index (χ2n) is 10.5. The van der Waals surface area contributed by atoms with Crippen molar-refractivity contribution in [3.63, 3.8) is 0 Å². The van der Waals surface area contributed by atoms with Crippen LogP contribution < -0.4 is 15.0 Å². The van der Waals surface area contributed by atoms with E-state index in [9.17, 15) is 27.2 Å². The van der Waals surface area contributed by atoms with Crippen LogP contribution in [-0.4, -0.2) is 44.0 Å². The monoisotopic (exact) mass is 640 g/mol. The third kappa shape index (κ3) is 7.87. The van der Waals surface area contributed by atoms with Gasteiger partial charge in [-0.05, 0) is 78.4 Å². The number of urea groups is 1. The number of halogens is 4. The van der Waals surface area contributed by atoms with Gasteiger partial charge >= 0.3 is 12.4 Å². The van der Waals surface area contributed by atoms with Crippen molar-refractivity contribution in [2.24, 2.45) is 4.99 Å². The van der Waals surface area contributed by atoms with E-state index >= 15 is 0 Å². The highest BCUT2D eigenvalue weighted by molar-refractivity contribution is 8.15. The lowest BCUT2D eigenvalue weighted by molar-refractivity contribution is -0.274. The van der Waals surface area contributed by atoms with Crippen molar-refractivity contribution in [1.29, 1.82) is 0 Å². The summed E-state index contributed by atoms with van der Waals surface area (Å²) in [6.45, 7) is 5.96. The van der Waals surface area contributed by atoms with Crippen molar-refractivity contribution < 1.29 is 31.9 Å². The molecule has 1 saturated heterocycles. The number of aliphatic imine (C=N–C) groups is 1. The molecule has 45 heavy (non-hydrogen) atoms. The number of amides is 3. The predicted molar refractivity (Wildman–Crippen MR) is 164 cm³/mol. The fourth-order valence-electron chi connectivity index (χ4n) is 4.66. The maximum atomic E-state index is 15.0. The van der Waals surface area contributed by atoms with Gasteiger partial charge in [-0.25, -0.2) is 18.9 Å². The van der Waals surface area contributed by atoms with Gasteiger partial charge in [0, 0.05) is 6.42 Å². The van der Waals surface area contributed by atoms with Crippen molar-refractivity contribution in [2.75, 3.05) is 16.0 Å². The zero-order valence-electron chi connectivity index (χ0n) is 24.4. The van der Waals surface area contributed by atoms with Gasteiger partial charge in [0.2, 0.25) is 5.91 Å². The Kier molecular flexibility index (Phi) is 9.23. The zero-order chi connectivity index (χ0) is 32.3. The summed E-state index contributed by atoms with van der Waals surface area (Å²) in [4.78, 5) is 35.3. The predicted octanol–water partition coefficient (Wildman–Crippen LogP) is 7.19. The number of rotatable bonds is 8. The van der Waals surface area contributed by atoms with E-state index < -0.39 is 18.2 Å². The first-order valence-electron chi connectivity index (χ1n) is 13.9. The highest BCUT2D eigenvalue weighted by atomic mass is 32.2. The van der Waals surface area contributed by atoms with E-state index in [-0.39, 0.29) is 34.2 Å². The molecule has 3 amide bonds. The van der Waals surface area contributed by atoms with Gasteiger partial charge in [0.05, 0.1) is 22.8 Å². The Hall–Kier alpha value is -4.72. The van der Waals surface area contributed by atoms with Crippen molar-refractivity contribution in [1.82, 2.24) is 14.8 Å². The maximum absolute atomic E-state index is 15.0. The number of alkyl halides is 3. The summed E-state index contributed by atoms with van der Waals surface area (Å²) >= 11 is 1.14. The normalized spacial score (nSPS) is 14.4. The standard InChI is InChI=1S/C31H28F4N6O3S/c1-18(2)23-11-4-19(3)14-26(23)41-28(42)16-45-30(41)38-29(43)37-25-12-5-20(15-24(25)32)6-13-27-36-17-40(39-27)21-7-9-22(10-8-21)44-31(33,34)35/h4-5,7-12,14-15,17-18H,6,13,16H2,1-3H3,(H,37,43). The summed E-state index contributed by atoms with van der Waals surface area (Å²) in [6, 6.07) is 14.6. The number of carbonyl (C=O) groups excluding carboxylic acids is 2. The molecule has 0 aliphatic carbocycles. The number of nitrogens with one attached hydrogen (secondary N) is 1. The number of nitrogens with zero attached hydrogens (tertiary/aromatic N) is 5. The summed E-state index contributed by atoms with van der Waals surface area (Å²) in [5.41, 5.74) is 3.64. The average Bonchev–Trinajstić information content (AvgIpc) is 3.59. The number of anilines is 2. The van der Waals surface area contributed by atoms with E-state index in [0.29, 0.717) is 35.6 Å². The molecule has 1 aromatic heterocycles. The van der Waals surface area contributed by atoms with E-state index in [1.54, 1.807) is 6.07 Å². The Balaban J connectivity index is 1.21. The van der Waals surface area contributed by atoms with Crippen LogP contribution in [0.4, 0.5) is 33.7 Å². The molecule has 14 heteroatoms. The van der Waals surface area contributed by atoms with Gasteiger partial charge in [0.25, 0.3) is 0 Å². The van der Waals surface area contributed by atoms with Gasteiger partial charge in [-0.2, -0.15) is 10.1 Å². The minimum absolute atomic E-state index is 0.0623. The quantitative estimate of drug-likeness (QED) is 0.205. The minimum Gasteiger partial charge on any atom is -0.406 e. The van der Waals surface area contributed by atoms with Gasteiger partial charge < -0.3 is 10.1 Å². The topological polar surface area (TPSA) is 102 Å². The third-order valence-corrected chi connectivity index (χ3v) is 7.72. The molecule has 1 fully saturated rings. The lowest BCUT2D eigenvalue weighted by atomic mass is 9.99. The first-order valence-corrected chi connectivity index (χ1v) is 14.9. The number of hydrogen-bond donors (Lipinski definition) is 1. The van der Waals surface area contributed by atoms with Crippen LogP contribution in [0.25, 0.3) is 5.69 Å². The molecule has 9 nitrogen and oxygen atoms in total. The molecule has 3 aromatic carbocycles. The smallest absolute Gasteiger partial charge is 0.406 e. The molecule has 1 N–H and O–H groups in total. The molecule has 234 valence electrons. The second kappa shape index (κ2) is 13.1. The molecule has 1 aliphatic rings. The highest BCUT2D eigenvalue weighted by Gasteiger charge is 2.33. The largest absolute Gasteiger partial charge is 0.573 e. The Morgan fingerprint density at radius 3 is 2.53 bits per heavy atom. The van der Waals surface area contributed by atoms with Gasteiger partial charge in [-0.1, -0.05) is 43.8 Å². The lowest BCUT2D eigenvalue weighted by Gasteiger charge is -2.22. The number of ether oxygens (including phenoxy) is 1. The van der Waals surface area contributed by atoms with Crippen LogP contribution in [0, 0.1) is 12.7 Å². The number of benzene rings is 3. The van der Waals surface area contributed by atoms with Crippen LogP contribution in [0.5, 0.6) is 5.75 Å². The fourth-order valence-corrected chi connectivity index (χ4v) is 5.51. The molecule has 0 saturated carbocycles. The first-order chi connectivity index (χ1) is 21.4. The summed E-state index contributed by atoms with van der Waals surface area (Å²) in [7, 11) is 0. The molecule has 0 spiro atoms. The minimum atomic E-state index is -4.78. The van der Waals surface area contributed by atoms with Crippen LogP contribution in [0.15, 0.2) is 72.0 Å². The number of hydrogen-bond acceptors (Lipinski definition) is 6. The van der Waals surface area contributed by atoms with Crippen LogP contribution >= 0.6 is 11.8 Å². The van der Waals surface area contributed by atoms with E-state index in [1.807, 2.05) is 39.0 Å². The van der Waals surface area contributed by atoms with Crippen molar-refractivity contribution in [3.05, 3.63) is 95.3 Å². The zero-order valence-corrected chi connectivity index (χ0v) is 25.2. The van der Waals surface area contributed by atoms with Gasteiger partial charge in [0.1, 0.15) is 17.9 Å². The van der Waals surface area contributed by atoms with E-state index in [1.165, 1.54) is 52.3 Å². The molecule has 5 rings (SSSR count). The third-order valence-electron chi connectivity index (χ3n) is 6.80. The van der Waals surface area contributed by atoms with Crippen molar-refractivity contribution >= 4 is 40.2 Å². The van der Waals surface area contributed by atoms with Crippen molar-refractivity contribution in [3.8, 4) is 11.4 Å². The molecular weight excluding hydrogens is 612 g/mol. The molecule has 4 aromatic rings. The summed E-state index contributed by atoms with van der Waals surface area (Å²) < 4.78 is 57.4. The van der Waals surface area contributed by atoms with E-state index in [2.05, 4.69) is 25.1 Å². The lowest BCUT2D eigenvalue weighted by Crippen LogP contribution is -2.31. The Morgan fingerprint density at radius 2 is 1.84 bits per heavy atom. The maximum Gasteiger partial charge on any atom is 0.573 e. The molecule has 0 atom stereocenters. The number of aryl methyl sites for hydroxylation is 3. The van der Waals surface area contributed by atoms with Crippen LogP contribution in [0.1, 0.15) is 42.3 Å². The molecule has 0 bridgehead atoms. The van der Waals surface area contributed by atoms with Crippen molar-refractivity contribution in [2.45, 2.75) is 45.9 Å². The second-order valence-corrected chi connectivity index (χ2v) is 11.5. The summed E-state index contributed by atoms with van der Waals surface area (Å²) in [5.74, 6) is -0.484. The highest BCUT2D eigenvalue weighted by Crippen LogP contribution is 2.34. The fraction of sp³-hybridized carbons (Fsp3) is 0.258. The van der Waals surface area contributed by atoms with E-state index in [4.69, 9.17) is 0 Å². The summed E-state index contributed by atoms with van der Waals surface area (Å²) in [6.07, 6.45) is -2.61.